The van der Waals surface area contributed by atoms with Crippen molar-refractivity contribution < 1.29 is 14.4 Å². The van der Waals surface area contributed by atoms with Crippen LogP contribution < -0.4 is 9.80 Å². The zero-order valence-corrected chi connectivity index (χ0v) is 17.0. The Bertz CT molecular complexity index is 1090. The van der Waals surface area contributed by atoms with E-state index in [0.717, 1.165) is 9.80 Å². The van der Waals surface area contributed by atoms with E-state index in [-0.39, 0.29) is 15.6 Å². The van der Waals surface area contributed by atoms with Crippen molar-refractivity contribution in [1.29, 1.82) is 0 Å². The molecule has 5 nitrogen and oxygen atoms in total. The topological polar surface area (TPSA) is 57.7 Å². The second-order valence-corrected chi connectivity index (χ2v) is 7.24. The summed E-state index contributed by atoms with van der Waals surface area (Å²) in [5.41, 5.74) is 0.791. The third-order valence-corrected chi connectivity index (χ3v) is 5.23. The lowest BCUT2D eigenvalue weighted by molar-refractivity contribution is -0.121. The Hall–Kier alpha value is -3.41. The van der Waals surface area contributed by atoms with E-state index in [9.17, 15) is 14.4 Å². The van der Waals surface area contributed by atoms with E-state index < -0.39 is 17.8 Å². The van der Waals surface area contributed by atoms with Gasteiger partial charge in [-0.1, -0.05) is 65.7 Å². The normalized spacial score (nSPS) is 14.3. The van der Waals surface area contributed by atoms with Crippen LogP contribution in [0.3, 0.4) is 0 Å². The summed E-state index contributed by atoms with van der Waals surface area (Å²) >= 11 is 12.5. The molecule has 0 aromatic heterocycles. The first-order valence-electron chi connectivity index (χ1n) is 8.97. The Kier molecular flexibility index (Phi) is 5.40. The second kappa shape index (κ2) is 8.14. The van der Waals surface area contributed by atoms with Crippen LogP contribution in [0.25, 0.3) is 6.08 Å². The van der Waals surface area contributed by atoms with E-state index >= 15 is 0 Å². The average Bonchev–Trinajstić information content (AvgIpc) is 2.74. The van der Waals surface area contributed by atoms with Gasteiger partial charge in [0.05, 0.1) is 11.4 Å². The highest BCUT2D eigenvalue weighted by Gasteiger charge is 2.43. The quantitative estimate of drug-likeness (QED) is 0.397. The first kappa shape index (κ1) is 19.9. The van der Waals surface area contributed by atoms with Crippen molar-refractivity contribution in [2.45, 2.75) is 0 Å². The largest absolute Gasteiger partial charge is 0.343 e. The van der Waals surface area contributed by atoms with Crippen molar-refractivity contribution in [1.82, 2.24) is 0 Å². The SMILES string of the molecule is O=C1C(=Cc2c(Cl)cccc2Cl)C(=O)N(c2ccccc2)C(=O)N1c1ccccc1. The second-order valence-electron chi connectivity index (χ2n) is 6.43. The van der Waals surface area contributed by atoms with Gasteiger partial charge in [0.1, 0.15) is 5.57 Å². The van der Waals surface area contributed by atoms with Crippen LogP contribution in [0.4, 0.5) is 16.2 Å². The number of halogens is 2. The number of anilines is 2. The zero-order chi connectivity index (χ0) is 21.3. The van der Waals surface area contributed by atoms with E-state index in [1.807, 2.05) is 0 Å². The minimum Gasteiger partial charge on any atom is -0.268 e. The molecule has 1 aliphatic rings. The molecule has 0 radical (unpaired) electrons. The van der Waals surface area contributed by atoms with Crippen molar-refractivity contribution in [3.8, 4) is 0 Å². The molecule has 0 aliphatic carbocycles. The highest BCUT2D eigenvalue weighted by atomic mass is 35.5. The van der Waals surface area contributed by atoms with Crippen LogP contribution in [-0.4, -0.2) is 17.8 Å². The fraction of sp³-hybridized carbons (Fsp3) is 0. The first-order chi connectivity index (χ1) is 14.5. The monoisotopic (exact) mass is 436 g/mol. The molecule has 148 valence electrons. The Balaban J connectivity index is 1.91. The summed E-state index contributed by atoms with van der Waals surface area (Å²) in [5.74, 6) is -1.50. The van der Waals surface area contributed by atoms with Gasteiger partial charge in [0.15, 0.2) is 0 Å². The van der Waals surface area contributed by atoms with Gasteiger partial charge < -0.3 is 0 Å². The van der Waals surface area contributed by atoms with Gasteiger partial charge in [0.25, 0.3) is 11.8 Å². The lowest BCUT2D eigenvalue weighted by Gasteiger charge is -2.34. The maximum absolute atomic E-state index is 13.3. The fourth-order valence-electron chi connectivity index (χ4n) is 3.13. The molecule has 30 heavy (non-hydrogen) atoms. The van der Waals surface area contributed by atoms with Gasteiger partial charge in [0.2, 0.25) is 0 Å². The van der Waals surface area contributed by atoms with Crippen molar-refractivity contribution in [2.75, 3.05) is 9.80 Å². The van der Waals surface area contributed by atoms with Crippen molar-refractivity contribution in [2.24, 2.45) is 0 Å². The Morgan fingerprint density at radius 1 is 0.600 bits per heavy atom. The number of amides is 4. The summed E-state index contributed by atoms with van der Waals surface area (Å²) in [5, 5.41) is 0.565. The first-order valence-corrected chi connectivity index (χ1v) is 9.73. The Morgan fingerprint density at radius 2 is 1.03 bits per heavy atom. The summed E-state index contributed by atoms with van der Waals surface area (Å²) in [6, 6.07) is 20.9. The summed E-state index contributed by atoms with van der Waals surface area (Å²) in [7, 11) is 0. The number of urea groups is 1. The Labute approximate surface area is 182 Å². The van der Waals surface area contributed by atoms with Gasteiger partial charge in [-0.05, 0) is 42.5 Å². The molecular weight excluding hydrogens is 423 g/mol. The van der Waals surface area contributed by atoms with Crippen molar-refractivity contribution >= 4 is 58.5 Å². The summed E-state index contributed by atoms with van der Waals surface area (Å²) < 4.78 is 0. The number of hydrogen-bond donors (Lipinski definition) is 0. The zero-order valence-electron chi connectivity index (χ0n) is 15.5. The van der Waals surface area contributed by atoms with Gasteiger partial charge in [0, 0.05) is 15.6 Å². The van der Waals surface area contributed by atoms with Gasteiger partial charge in [-0.15, -0.1) is 0 Å². The van der Waals surface area contributed by atoms with Gasteiger partial charge >= 0.3 is 6.03 Å². The molecule has 7 heteroatoms. The van der Waals surface area contributed by atoms with Gasteiger partial charge in [-0.25, -0.2) is 14.6 Å². The van der Waals surface area contributed by atoms with E-state index in [1.54, 1.807) is 78.9 Å². The van der Waals surface area contributed by atoms with Gasteiger partial charge in [-0.3, -0.25) is 9.59 Å². The number of hydrogen-bond acceptors (Lipinski definition) is 3. The van der Waals surface area contributed by atoms with E-state index in [0.29, 0.717) is 16.9 Å². The molecule has 1 saturated heterocycles. The molecule has 1 fully saturated rings. The smallest absolute Gasteiger partial charge is 0.268 e. The van der Waals surface area contributed by atoms with Crippen LogP contribution in [0.1, 0.15) is 5.56 Å². The lowest BCUT2D eigenvalue weighted by Crippen LogP contribution is -2.57. The number of para-hydroxylation sites is 2. The number of carbonyl (C=O) groups is 3. The van der Waals surface area contributed by atoms with E-state index in [2.05, 4.69) is 0 Å². The van der Waals surface area contributed by atoms with Crippen LogP contribution in [0.2, 0.25) is 10.0 Å². The number of nitrogens with zero attached hydrogens (tertiary/aromatic N) is 2. The maximum atomic E-state index is 13.3. The Morgan fingerprint density at radius 3 is 1.47 bits per heavy atom. The highest BCUT2D eigenvalue weighted by Crippen LogP contribution is 2.32. The fourth-order valence-corrected chi connectivity index (χ4v) is 3.64. The number of benzene rings is 3. The molecule has 1 aliphatic heterocycles. The molecule has 4 amide bonds. The van der Waals surface area contributed by atoms with E-state index in [4.69, 9.17) is 23.2 Å². The molecule has 0 atom stereocenters. The van der Waals surface area contributed by atoms with Crippen LogP contribution in [0, 0.1) is 0 Å². The molecule has 0 bridgehead atoms. The summed E-state index contributed by atoms with van der Waals surface area (Å²) in [4.78, 5) is 41.6. The molecule has 3 aromatic rings. The minimum absolute atomic E-state index is 0.225. The highest BCUT2D eigenvalue weighted by molar-refractivity contribution is 6.47. The number of carbonyl (C=O) groups excluding carboxylic acids is 3. The third-order valence-electron chi connectivity index (χ3n) is 4.57. The summed E-state index contributed by atoms with van der Waals surface area (Å²) in [6.07, 6.45) is 1.33. The standard InChI is InChI=1S/C23H14Cl2N2O3/c24-19-12-7-13-20(25)17(19)14-18-21(28)26(15-8-3-1-4-9-15)23(30)27(22(18)29)16-10-5-2-6-11-16/h1-14H. The van der Waals surface area contributed by atoms with E-state index in [1.165, 1.54) is 6.08 Å². The van der Waals surface area contributed by atoms with Crippen LogP contribution >= 0.6 is 23.2 Å². The number of rotatable bonds is 3. The lowest BCUT2D eigenvalue weighted by atomic mass is 10.0. The number of imide groups is 2. The molecule has 3 aromatic carbocycles. The predicted octanol–water partition coefficient (Wildman–Crippen LogP) is 5.58. The molecule has 1 heterocycles. The van der Waals surface area contributed by atoms with Crippen molar-refractivity contribution in [3.63, 3.8) is 0 Å². The molecule has 0 spiro atoms. The molecule has 0 saturated carbocycles. The molecule has 4 rings (SSSR count). The predicted molar refractivity (Wildman–Crippen MR) is 118 cm³/mol. The molecule has 0 N–H and O–H groups in total. The molecular formula is C23H14Cl2N2O3. The van der Waals surface area contributed by atoms with Gasteiger partial charge in [-0.2, -0.15) is 0 Å². The van der Waals surface area contributed by atoms with Crippen LogP contribution in [0.5, 0.6) is 0 Å². The third kappa shape index (κ3) is 3.49. The molecule has 0 unspecified atom stereocenters. The van der Waals surface area contributed by atoms with Crippen molar-refractivity contribution in [3.05, 3.63) is 100 Å². The number of barbiturate groups is 1. The van der Waals surface area contributed by atoms with Crippen LogP contribution in [-0.2, 0) is 9.59 Å². The maximum Gasteiger partial charge on any atom is 0.343 e. The average molecular weight is 437 g/mol. The minimum atomic E-state index is -0.759. The summed E-state index contributed by atoms with van der Waals surface area (Å²) in [6.45, 7) is 0. The van der Waals surface area contributed by atoms with Crippen LogP contribution in [0.15, 0.2) is 84.4 Å².